The van der Waals surface area contributed by atoms with Gasteiger partial charge in [0.2, 0.25) is 5.91 Å². The molecule has 7 heteroatoms. The van der Waals surface area contributed by atoms with Crippen LogP contribution in [0.1, 0.15) is 12.0 Å². The minimum atomic E-state index is -3.19. The predicted octanol–water partition coefficient (Wildman–Crippen LogP) is 1.03. The first-order valence-corrected chi connectivity index (χ1v) is 9.27. The molecule has 0 aromatic heterocycles. The SMILES string of the molecule is COCC1CCS(=O)(=O)C12CN(C(=O)Cc1ccc(F)cc1)C2. The van der Waals surface area contributed by atoms with E-state index >= 15 is 0 Å². The van der Waals surface area contributed by atoms with Crippen LogP contribution in [0.15, 0.2) is 24.3 Å². The molecule has 1 spiro atoms. The molecule has 1 unspecified atom stereocenters. The van der Waals surface area contributed by atoms with E-state index in [1.165, 1.54) is 12.1 Å². The van der Waals surface area contributed by atoms with Crippen LogP contribution in [0.25, 0.3) is 0 Å². The van der Waals surface area contributed by atoms with Crippen molar-refractivity contribution in [2.75, 3.05) is 32.6 Å². The maximum atomic E-state index is 12.9. The fourth-order valence-electron chi connectivity index (χ4n) is 3.57. The Morgan fingerprint density at radius 2 is 2.00 bits per heavy atom. The van der Waals surface area contributed by atoms with Crippen molar-refractivity contribution in [1.29, 1.82) is 0 Å². The standard InChI is InChI=1S/C16H20FNO4S/c1-22-9-13-6-7-23(20,21)16(13)10-18(11-16)15(19)8-12-2-4-14(17)5-3-12/h2-5,13H,6-11H2,1H3. The van der Waals surface area contributed by atoms with Crippen LogP contribution in [-0.2, 0) is 25.8 Å². The van der Waals surface area contributed by atoms with Crippen LogP contribution >= 0.6 is 0 Å². The number of ether oxygens (including phenoxy) is 1. The number of carbonyl (C=O) groups excluding carboxylic acids is 1. The molecule has 2 heterocycles. The van der Waals surface area contributed by atoms with Gasteiger partial charge in [-0.3, -0.25) is 4.79 Å². The third-order valence-corrected chi connectivity index (χ3v) is 7.61. The molecule has 1 aromatic rings. The van der Waals surface area contributed by atoms with E-state index in [1.54, 1.807) is 24.1 Å². The van der Waals surface area contributed by atoms with Crippen molar-refractivity contribution < 1.29 is 22.3 Å². The van der Waals surface area contributed by atoms with Gasteiger partial charge in [-0.2, -0.15) is 0 Å². The second-order valence-corrected chi connectivity index (χ2v) is 8.83. The second-order valence-electron chi connectivity index (χ2n) is 6.38. The molecule has 126 valence electrons. The molecule has 2 saturated heterocycles. The number of amides is 1. The van der Waals surface area contributed by atoms with E-state index in [0.717, 1.165) is 5.56 Å². The van der Waals surface area contributed by atoms with Crippen molar-refractivity contribution in [2.24, 2.45) is 5.92 Å². The number of hydrogen-bond acceptors (Lipinski definition) is 4. The van der Waals surface area contributed by atoms with Crippen LogP contribution in [0.3, 0.4) is 0 Å². The zero-order chi connectivity index (χ0) is 16.7. The van der Waals surface area contributed by atoms with E-state index in [4.69, 9.17) is 4.74 Å². The first-order valence-electron chi connectivity index (χ1n) is 7.61. The fraction of sp³-hybridized carbons (Fsp3) is 0.562. The van der Waals surface area contributed by atoms with E-state index in [0.29, 0.717) is 13.0 Å². The Balaban J connectivity index is 1.67. The van der Waals surface area contributed by atoms with Gasteiger partial charge >= 0.3 is 0 Å². The number of nitrogens with zero attached hydrogens (tertiary/aromatic N) is 1. The second kappa shape index (κ2) is 5.87. The first-order chi connectivity index (χ1) is 10.9. The van der Waals surface area contributed by atoms with Gasteiger partial charge in [-0.05, 0) is 24.1 Å². The highest BCUT2D eigenvalue weighted by atomic mass is 32.2. The molecule has 0 bridgehead atoms. The number of hydrogen-bond donors (Lipinski definition) is 0. The monoisotopic (exact) mass is 341 g/mol. The zero-order valence-corrected chi connectivity index (χ0v) is 13.8. The lowest BCUT2D eigenvalue weighted by atomic mass is 9.83. The predicted molar refractivity (Wildman–Crippen MR) is 83.2 cm³/mol. The summed E-state index contributed by atoms with van der Waals surface area (Å²) in [5, 5.41) is 0. The van der Waals surface area contributed by atoms with Crippen LogP contribution < -0.4 is 0 Å². The zero-order valence-electron chi connectivity index (χ0n) is 13.0. The van der Waals surface area contributed by atoms with Gasteiger partial charge < -0.3 is 9.64 Å². The molecular weight excluding hydrogens is 321 g/mol. The van der Waals surface area contributed by atoms with Crippen molar-refractivity contribution in [1.82, 2.24) is 4.90 Å². The Morgan fingerprint density at radius 1 is 1.35 bits per heavy atom. The number of likely N-dealkylation sites (tertiary alicyclic amines) is 1. The summed E-state index contributed by atoms with van der Waals surface area (Å²) >= 11 is 0. The van der Waals surface area contributed by atoms with Gasteiger partial charge in [0, 0.05) is 26.1 Å². The highest BCUT2D eigenvalue weighted by molar-refractivity contribution is 7.93. The molecule has 0 aliphatic carbocycles. The van der Waals surface area contributed by atoms with E-state index in [2.05, 4.69) is 0 Å². The van der Waals surface area contributed by atoms with Gasteiger partial charge in [-0.1, -0.05) is 12.1 Å². The molecule has 1 aromatic carbocycles. The van der Waals surface area contributed by atoms with E-state index in [1.807, 2.05) is 0 Å². The number of sulfone groups is 1. The molecule has 0 radical (unpaired) electrons. The molecule has 5 nitrogen and oxygen atoms in total. The van der Waals surface area contributed by atoms with E-state index in [-0.39, 0.29) is 42.9 Å². The lowest BCUT2D eigenvalue weighted by molar-refractivity contribution is -0.137. The van der Waals surface area contributed by atoms with Gasteiger partial charge in [0.1, 0.15) is 10.6 Å². The highest BCUT2D eigenvalue weighted by Crippen LogP contribution is 2.44. The van der Waals surface area contributed by atoms with Crippen molar-refractivity contribution in [3.8, 4) is 0 Å². The topological polar surface area (TPSA) is 63.7 Å². The molecule has 2 fully saturated rings. The normalized spacial score (nSPS) is 24.6. The van der Waals surface area contributed by atoms with Gasteiger partial charge in [0.15, 0.2) is 9.84 Å². The third-order valence-electron chi connectivity index (χ3n) is 5.00. The summed E-state index contributed by atoms with van der Waals surface area (Å²) in [7, 11) is -1.63. The van der Waals surface area contributed by atoms with Gasteiger partial charge in [-0.15, -0.1) is 0 Å². The lowest BCUT2D eigenvalue weighted by Gasteiger charge is -2.49. The Kier molecular flexibility index (Phi) is 4.18. The smallest absolute Gasteiger partial charge is 0.227 e. The summed E-state index contributed by atoms with van der Waals surface area (Å²) < 4.78 is 42.0. The Hall–Kier alpha value is -1.47. The van der Waals surface area contributed by atoms with Crippen LogP contribution in [0.4, 0.5) is 4.39 Å². The minimum absolute atomic E-state index is 0.0487. The quantitative estimate of drug-likeness (QED) is 0.821. The third kappa shape index (κ3) is 2.76. The van der Waals surface area contributed by atoms with Crippen molar-refractivity contribution in [3.63, 3.8) is 0 Å². The summed E-state index contributed by atoms with van der Waals surface area (Å²) in [6, 6.07) is 5.78. The Labute approximate surface area is 135 Å². The highest BCUT2D eigenvalue weighted by Gasteiger charge is 2.62. The maximum Gasteiger partial charge on any atom is 0.227 e. The van der Waals surface area contributed by atoms with Crippen LogP contribution in [0, 0.1) is 11.7 Å². The molecule has 23 heavy (non-hydrogen) atoms. The summed E-state index contributed by atoms with van der Waals surface area (Å²) in [4.78, 5) is 13.9. The average Bonchev–Trinajstić information content (AvgIpc) is 2.71. The minimum Gasteiger partial charge on any atom is -0.384 e. The summed E-state index contributed by atoms with van der Waals surface area (Å²) in [6.07, 6.45) is 0.752. The van der Waals surface area contributed by atoms with Crippen molar-refractivity contribution in [3.05, 3.63) is 35.6 Å². The number of benzene rings is 1. The maximum absolute atomic E-state index is 12.9. The van der Waals surface area contributed by atoms with Gasteiger partial charge in [0.05, 0.1) is 18.8 Å². The molecule has 2 aliphatic heterocycles. The molecule has 0 saturated carbocycles. The number of halogens is 1. The van der Waals surface area contributed by atoms with Gasteiger partial charge in [-0.25, -0.2) is 12.8 Å². The Bertz CT molecular complexity index is 695. The number of carbonyl (C=O) groups is 1. The summed E-state index contributed by atoms with van der Waals surface area (Å²) in [5.41, 5.74) is 0.722. The number of methoxy groups -OCH3 is 1. The Morgan fingerprint density at radius 3 is 2.61 bits per heavy atom. The molecule has 1 atom stereocenters. The molecular formula is C16H20FNO4S. The first kappa shape index (κ1) is 16.4. The molecule has 0 N–H and O–H groups in total. The van der Waals surface area contributed by atoms with Crippen LogP contribution in [0.5, 0.6) is 0 Å². The molecule has 1 amide bonds. The van der Waals surface area contributed by atoms with Crippen molar-refractivity contribution >= 4 is 15.7 Å². The van der Waals surface area contributed by atoms with Gasteiger partial charge in [0.25, 0.3) is 0 Å². The molecule has 2 aliphatic rings. The largest absolute Gasteiger partial charge is 0.384 e. The molecule has 3 rings (SSSR count). The fourth-order valence-corrected chi connectivity index (χ4v) is 5.97. The van der Waals surface area contributed by atoms with E-state index < -0.39 is 14.6 Å². The van der Waals surface area contributed by atoms with E-state index in [9.17, 15) is 17.6 Å². The number of rotatable bonds is 4. The summed E-state index contributed by atoms with van der Waals surface area (Å²) in [6.45, 7) is 0.881. The average molecular weight is 341 g/mol. The lowest BCUT2D eigenvalue weighted by Crippen LogP contribution is -2.69. The van der Waals surface area contributed by atoms with Crippen molar-refractivity contribution in [2.45, 2.75) is 17.6 Å². The summed E-state index contributed by atoms with van der Waals surface area (Å²) in [5.74, 6) is -0.350. The van der Waals surface area contributed by atoms with Crippen LogP contribution in [-0.4, -0.2) is 56.5 Å². The van der Waals surface area contributed by atoms with Crippen LogP contribution in [0.2, 0.25) is 0 Å².